The van der Waals surface area contributed by atoms with E-state index in [9.17, 15) is 4.79 Å². The molecule has 1 amide bonds. The Morgan fingerprint density at radius 3 is 2.56 bits per heavy atom. The molecule has 0 aliphatic heterocycles. The molecular weight excluding hydrogens is 226 g/mol. The van der Waals surface area contributed by atoms with Gasteiger partial charge in [-0.25, -0.2) is 0 Å². The van der Waals surface area contributed by atoms with Crippen molar-refractivity contribution in [1.29, 1.82) is 0 Å². The Morgan fingerprint density at radius 1 is 1.38 bits per heavy atom. The van der Waals surface area contributed by atoms with Crippen LogP contribution in [0.4, 0.5) is 0 Å². The first kappa shape index (κ1) is 13.0. The van der Waals surface area contributed by atoms with Crippen LogP contribution in [0.25, 0.3) is 0 Å². The van der Waals surface area contributed by atoms with E-state index in [1.54, 1.807) is 6.92 Å². The van der Waals surface area contributed by atoms with Crippen molar-refractivity contribution in [1.82, 2.24) is 15.1 Å². The summed E-state index contributed by atoms with van der Waals surface area (Å²) in [6, 6.07) is 0. The van der Waals surface area contributed by atoms with Gasteiger partial charge in [-0.1, -0.05) is 11.8 Å². The minimum Gasteiger partial charge on any atom is -0.416 e. The van der Waals surface area contributed by atoms with Gasteiger partial charge in [0, 0.05) is 32.2 Å². The topological polar surface area (TPSA) is 59.2 Å². The highest BCUT2D eigenvalue weighted by Gasteiger charge is 2.10. The molecule has 0 radical (unpaired) electrons. The average Bonchev–Trinajstić information content (AvgIpc) is 2.66. The third-order valence-electron chi connectivity index (χ3n) is 2.17. The van der Waals surface area contributed by atoms with Crippen LogP contribution in [0.3, 0.4) is 0 Å². The number of nitrogens with zero attached hydrogens (tertiary/aromatic N) is 3. The Labute approximate surface area is 99.6 Å². The summed E-state index contributed by atoms with van der Waals surface area (Å²) in [7, 11) is 0. The van der Waals surface area contributed by atoms with E-state index in [1.807, 2.05) is 18.7 Å². The number of carbonyl (C=O) groups is 1. The number of thioether (sulfide) groups is 1. The first-order chi connectivity index (χ1) is 7.67. The lowest BCUT2D eigenvalue weighted by Gasteiger charge is -2.17. The van der Waals surface area contributed by atoms with E-state index >= 15 is 0 Å². The monoisotopic (exact) mass is 243 g/mol. The number of hydrogen-bond donors (Lipinski definition) is 0. The van der Waals surface area contributed by atoms with Crippen LogP contribution in [-0.4, -0.2) is 39.8 Å². The second-order valence-corrected chi connectivity index (χ2v) is 4.30. The highest BCUT2D eigenvalue weighted by molar-refractivity contribution is 7.99. The molecule has 5 nitrogen and oxygen atoms in total. The molecule has 0 bridgehead atoms. The summed E-state index contributed by atoms with van der Waals surface area (Å²) < 4.78 is 5.19. The maximum Gasteiger partial charge on any atom is 0.276 e. The Balaban J connectivity index is 2.27. The van der Waals surface area contributed by atoms with Crippen LogP contribution in [0.1, 0.15) is 26.2 Å². The van der Waals surface area contributed by atoms with Gasteiger partial charge in [0.25, 0.3) is 5.22 Å². The molecule has 0 aliphatic carbocycles. The minimum absolute atomic E-state index is 0.175. The van der Waals surface area contributed by atoms with Crippen molar-refractivity contribution < 1.29 is 9.21 Å². The number of aromatic nitrogens is 2. The number of amides is 1. The standard InChI is InChI=1S/C10H17N3O2S/c1-4-13(5-2)9(14)6-7-16-10-12-11-8(3)15-10/h4-7H2,1-3H3. The van der Waals surface area contributed by atoms with Gasteiger partial charge < -0.3 is 9.32 Å². The maximum absolute atomic E-state index is 11.6. The van der Waals surface area contributed by atoms with E-state index in [0.29, 0.717) is 23.3 Å². The van der Waals surface area contributed by atoms with Gasteiger partial charge in [-0.3, -0.25) is 4.79 Å². The van der Waals surface area contributed by atoms with Gasteiger partial charge in [0.1, 0.15) is 0 Å². The summed E-state index contributed by atoms with van der Waals surface area (Å²) in [5.74, 6) is 1.41. The lowest BCUT2D eigenvalue weighted by Crippen LogP contribution is -2.30. The highest BCUT2D eigenvalue weighted by atomic mass is 32.2. The zero-order chi connectivity index (χ0) is 12.0. The van der Waals surface area contributed by atoms with Crippen molar-refractivity contribution in [2.45, 2.75) is 32.4 Å². The molecule has 0 atom stereocenters. The van der Waals surface area contributed by atoms with Gasteiger partial charge in [0.05, 0.1) is 0 Å². The first-order valence-corrected chi connectivity index (χ1v) is 6.36. The lowest BCUT2D eigenvalue weighted by molar-refractivity contribution is -0.130. The maximum atomic E-state index is 11.6. The smallest absolute Gasteiger partial charge is 0.276 e. The van der Waals surface area contributed by atoms with Crippen LogP contribution < -0.4 is 0 Å². The summed E-state index contributed by atoms with van der Waals surface area (Å²) >= 11 is 1.42. The molecule has 1 rings (SSSR count). The van der Waals surface area contributed by atoms with Crippen LogP contribution >= 0.6 is 11.8 Å². The van der Waals surface area contributed by atoms with Gasteiger partial charge in [-0.05, 0) is 13.8 Å². The van der Waals surface area contributed by atoms with Crippen LogP contribution in [0.15, 0.2) is 9.64 Å². The summed E-state index contributed by atoms with van der Waals surface area (Å²) in [5, 5.41) is 8.10. The normalized spacial score (nSPS) is 10.4. The molecule has 0 saturated carbocycles. The second kappa shape index (κ2) is 6.52. The summed E-state index contributed by atoms with van der Waals surface area (Å²) in [5.41, 5.74) is 0. The first-order valence-electron chi connectivity index (χ1n) is 5.38. The Bertz CT molecular complexity index is 337. The predicted molar refractivity (Wildman–Crippen MR) is 62.3 cm³/mol. The van der Waals surface area contributed by atoms with Gasteiger partial charge in [-0.2, -0.15) is 0 Å². The third kappa shape index (κ3) is 3.84. The zero-order valence-electron chi connectivity index (χ0n) is 9.89. The van der Waals surface area contributed by atoms with Gasteiger partial charge in [0.15, 0.2) is 0 Å². The van der Waals surface area contributed by atoms with Crippen LogP contribution in [-0.2, 0) is 4.79 Å². The van der Waals surface area contributed by atoms with E-state index in [4.69, 9.17) is 4.42 Å². The Kier molecular flexibility index (Phi) is 5.31. The van der Waals surface area contributed by atoms with Crippen molar-refractivity contribution in [2.24, 2.45) is 0 Å². The predicted octanol–water partition coefficient (Wildman–Crippen LogP) is 1.73. The van der Waals surface area contributed by atoms with E-state index < -0.39 is 0 Å². The average molecular weight is 243 g/mol. The van der Waals surface area contributed by atoms with Crippen molar-refractivity contribution in [3.05, 3.63) is 5.89 Å². The summed E-state index contributed by atoms with van der Waals surface area (Å²) in [4.78, 5) is 13.5. The number of carbonyl (C=O) groups excluding carboxylic acids is 1. The lowest BCUT2D eigenvalue weighted by atomic mass is 10.4. The van der Waals surface area contributed by atoms with E-state index in [-0.39, 0.29) is 5.91 Å². The quantitative estimate of drug-likeness (QED) is 0.712. The fourth-order valence-corrected chi connectivity index (χ4v) is 2.03. The largest absolute Gasteiger partial charge is 0.416 e. The van der Waals surface area contributed by atoms with E-state index in [1.165, 1.54) is 11.8 Å². The molecule has 1 heterocycles. The molecule has 0 aliphatic rings. The molecule has 0 N–H and O–H groups in total. The fraction of sp³-hybridized carbons (Fsp3) is 0.700. The fourth-order valence-electron chi connectivity index (χ4n) is 1.30. The summed E-state index contributed by atoms with van der Waals surface area (Å²) in [6.45, 7) is 7.24. The molecule has 0 unspecified atom stereocenters. The van der Waals surface area contributed by atoms with Crippen molar-refractivity contribution in [3.63, 3.8) is 0 Å². The molecule has 0 saturated heterocycles. The van der Waals surface area contributed by atoms with Crippen molar-refractivity contribution in [2.75, 3.05) is 18.8 Å². The number of hydrogen-bond acceptors (Lipinski definition) is 5. The Morgan fingerprint density at radius 2 is 2.06 bits per heavy atom. The molecule has 90 valence electrons. The molecule has 0 spiro atoms. The van der Waals surface area contributed by atoms with Crippen molar-refractivity contribution in [3.8, 4) is 0 Å². The molecule has 6 heteroatoms. The molecule has 0 fully saturated rings. The van der Waals surface area contributed by atoms with E-state index in [0.717, 1.165) is 13.1 Å². The van der Waals surface area contributed by atoms with Crippen LogP contribution in [0.2, 0.25) is 0 Å². The molecule has 1 aromatic rings. The van der Waals surface area contributed by atoms with E-state index in [2.05, 4.69) is 10.2 Å². The second-order valence-electron chi connectivity index (χ2n) is 3.25. The summed E-state index contributed by atoms with van der Waals surface area (Å²) in [6.07, 6.45) is 0.508. The zero-order valence-corrected chi connectivity index (χ0v) is 10.7. The van der Waals surface area contributed by atoms with Gasteiger partial charge in [0.2, 0.25) is 11.8 Å². The third-order valence-corrected chi connectivity index (χ3v) is 2.99. The van der Waals surface area contributed by atoms with Gasteiger partial charge >= 0.3 is 0 Å². The molecule has 0 aromatic carbocycles. The van der Waals surface area contributed by atoms with Crippen molar-refractivity contribution >= 4 is 17.7 Å². The number of aryl methyl sites for hydroxylation is 1. The highest BCUT2D eigenvalue weighted by Crippen LogP contribution is 2.16. The Hall–Kier alpha value is -1.04. The SMILES string of the molecule is CCN(CC)C(=O)CCSc1nnc(C)o1. The molecule has 16 heavy (non-hydrogen) atoms. The van der Waals surface area contributed by atoms with Crippen LogP contribution in [0.5, 0.6) is 0 Å². The van der Waals surface area contributed by atoms with Crippen LogP contribution in [0, 0.1) is 6.92 Å². The number of rotatable bonds is 6. The van der Waals surface area contributed by atoms with Gasteiger partial charge in [-0.15, -0.1) is 10.2 Å². The minimum atomic E-state index is 0.175. The molecule has 1 aromatic heterocycles. The molecular formula is C10H17N3O2S.